The van der Waals surface area contributed by atoms with E-state index in [1.807, 2.05) is 6.07 Å². The first kappa shape index (κ1) is 31.8. The molecule has 48 heavy (non-hydrogen) atoms. The number of hydrogen-bond acceptors (Lipinski definition) is 7. The third kappa shape index (κ3) is 4.55. The molecule has 0 aliphatic heterocycles. The molecule has 0 aromatic heterocycles. The van der Waals surface area contributed by atoms with Crippen molar-refractivity contribution in [3.8, 4) is 40.5 Å². The number of halogens is 4. The van der Waals surface area contributed by atoms with Crippen LogP contribution in [0.3, 0.4) is 0 Å². The topological polar surface area (TPSA) is 171 Å². The maximum atomic E-state index is 15.1. The van der Waals surface area contributed by atoms with Gasteiger partial charge in [-0.3, -0.25) is 20.2 Å². The molecular formula is C32H8F4N8O4. The number of nitro benzene ring substituents is 2. The SMILES string of the molecule is [C-]#[N+]C([N+]#[C-])=C1Cc2c(-c3cc(F)c([N+](=O)[O-])c(F)c3)c3c(c(-c4cc(F)c([N+](=O)[O-])c(F)c4)c2=C1[N+]#[C-])CC(=C(C#N)C#N)C=3C#N. The Morgan fingerprint density at radius 1 is 0.729 bits per heavy atom. The highest BCUT2D eigenvalue weighted by atomic mass is 19.1. The molecule has 0 unspecified atom stereocenters. The Morgan fingerprint density at radius 3 is 1.52 bits per heavy atom. The van der Waals surface area contributed by atoms with E-state index in [1.54, 1.807) is 12.1 Å². The van der Waals surface area contributed by atoms with Gasteiger partial charge in [-0.1, -0.05) is 0 Å². The Hall–Kier alpha value is -7.66. The van der Waals surface area contributed by atoms with E-state index in [0.29, 0.717) is 24.3 Å². The van der Waals surface area contributed by atoms with E-state index in [9.17, 15) is 36.0 Å². The molecule has 0 saturated heterocycles. The van der Waals surface area contributed by atoms with Gasteiger partial charge in [0, 0.05) is 17.2 Å². The lowest BCUT2D eigenvalue weighted by atomic mass is 9.86. The minimum Gasteiger partial charge on any atom is -0.258 e. The lowest BCUT2D eigenvalue weighted by Gasteiger charge is -2.17. The highest BCUT2D eigenvalue weighted by Gasteiger charge is 2.37. The van der Waals surface area contributed by atoms with Gasteiger partial charge in [0.05, 0.1) is 27.6 Å². The van der Waals surface area contributed by atoms with E-state index >= 15 is 17.6 Å². The van der Waals surface area contributed by atoms with Gasteiger partial charge in [0.2, 0.25) is 23.3 Å². The highest BCUT2D eigenvalue weighted by molar-refractivity contribution is 5.95. The van der Waals surface area contributed by atoms with Gasteiger partial charge in [-0.15, -0.1) is 0 Å². The van der Waals surface area contributed by atoms with Crippen LogP contribution in [0.2, 0.25) is 0 Å². The Bertz CT molecular complexity index is 2330. The Balaban J connectivity index is 2.18. The Morgan fingerprint density at radius 2 is 1.15 bits per heavy atom. The number of allylic oxidation sites excluding steroid dienone is 2. The molecule has 0 heterocycles. The molecule has 5 rings (SSSR count). The summed E-state index contributed by atoms with van der Waals surface area (Å²) in [6.45, 7) is 22.9. The molecule has 0 bridgehead atoms. The van der Waals surface area contributed by atoms with Crippen molar-refractivity contribution in [2.24, 2.45) is 0 Å². The van der Waals surface area contributed by atoms with Crippen LogP contribution in [0, 0.1) is 97.2 Å². The second-order valence-electron chi connectivity index (χ2n) is 9.95. The number of hydrogen-bond donors (Lipinski definition) is 0. The zero-order valence-corrected chi connectivity index (χ0v) is 23.4. The van der Waals surface area contributed by atoms with Crippen LogP contribution < -0.4 is 10.4 Å². The van der Waals surface area contributed by atoms with Gasteiger partial charge in [-0.25, -0.2) is 4.85 Å². The molecule has 3 aromatic carbocycles. The quantitative estimate of drug-likeness (QED) is 0.117. The monoisotopic (exact) mass is 644 g/mol. The van der Waals surface area contributed by atoms with Crippen molar-refractivity contribution < 1.29 is 27.4 Å². The summed E-state index contributed by atoms with van der Waals surface area (Å²) in [4.78, 5) is 29.8. The number of fused-ring (bicyclic) bond motifs is 2. The fourth-order valence-corrected chi connectivity index (χ4v) is 5.94. The molecular weight excluding hydrogens is 636 g/mol. The maximum absolute atomic E-state index is 15.1. The Kier molecular flexibility index (Phi) is 7.73. The first-order valence-electron chi connectivity index (χ1n) is 12.9. The predicted octanol–water partition coefficient (Wildman–Crippen LogP) is 5.60. The van der Waals surface area contributed by atoms with Gasteiger partial charge in [-0.05, 0) is 69.3 Å². The predicted molar refractivity (Wildman–Crippen MR) is 155 cm³/mol. The fraction of sp³-hybridized carbons (Fsp3) is 0.0625. The average molecular weight is 644 g/mol. The van der Waals surface area contributed by atoms with Crippen LogP contribution in [0.1, 0.15) is 11.1 Å². The number of nitriles is 3. The first-order chi connectivity index (χ1) is 22.9. The zero-order chi connectivity index (χ0) is 35.2. The molecule has 0 spiro atoms. The van der Waals surface area contributed by atoms with E-state index in [0.717, 1.165) is 0 Å². The van der Waals surface area contributed by atoms with Gasteiger partial charge < -0.3 is 0 Å². The average Bonchev–Trinajstić information content (AvgIpc) is 3.58. The van der Waals surface area contributed by atoms with Crippen molar-refractivity contribution in [3.05, 3.63) is 146 Å². The van der Waals surface area contributed by atoms with Crippen LogP contribution in [0.15, 0.2) is 46.8 Å². The second-order valence-corrected chi connectivity index (χ2v) is 9.95. The molecule has 3 aromatic rings. The summed E-state index contributed by atoms with van der Waals surface area (Å²) in [7, 11) is 0. The molecule has 0 N–H and O–H groups in total. The lowest BCUT2D eigenvalue weighted by molar-refractivity contribution is -0.390. The first-order valence-corrected chi connectivity index (χ1v) is 12.9. The normalized spacial score (nSPS) is 12.5. The zero-order valence-electron chi connectivity index (χ0n) is 23.4. The minimum absolute atomic E-state index is 0.106. The number of rotatable bonds is 4. The summed E-state index contributed by atoms with van der Waals surface area (Å²) in [6, 6.07) is 7.37. The van der Waals surface area contributed by atoms with E-state index in [1.165, 1.54) is 0 Å². The summed E-state index contributed by atoms with van der Waals surface area (Å²) in [5, 5.41) is 51.9. The molecule has 0 fully saturated rings. The van der Waals surface area contributed by atoms with Crippen LogP contribution in [-0.4, -0.2) is 9.85 Å². The van der Waals surface area contributed by atoms with Crippen LogP contribution in [0.25, 0.3) is 48.1 Å². The smallest absolute Gasteiger partial charge is 0.258 e. The van der Waals surface area contributed by atoms with Crippen molar-refractivity contribution in [1.29, 1.82) is 15.8 Å². The van der Waals surface area contributed by atoms with Crippen molar-refractivity contribution >= 4 is 22.6 Å². The number of benzene rings is 3. The maximum Gasteiger partial charge on any atom is 0.512 e. The molecule has 16 heteroatoms. The summed E-state index contributed by atoms with van der Waals surface area (Å²) in [6.07, 6.45) is -1.01. The Labute approximate surface area is 265 Å². The number of nitrogens with zero attached hydrogens (tertiary/aromatic N) is 8. The second kappa shape index (κ2) is 11.7. The molecule has 12 nitrogen and oxygen atoms in total. The molecule has 0 saturated carbocycles. The third-order valence-electron chi connectivity index (χ3n) is 7.70. The van der Waals surface area contributed by atoms with Gasteiger partial charge in [0.15, 0.2) is 5.70 Å². The molecule has 228 valence electrons. The molecule has 2 aliphatic carbocycles. The van der Waals surface area contributed by atoms with Crippen molar-refractivity contribution in [1.82, 2.24) is 0 Å². The van der Waals surface area contributed by atoms with E-state index in [2.05, 4.69) is 14.5 Å². The summed E-state index contributed by atoms with van der Waals surface area (Å²) in [5.74, 6) is -7.19. The summed E-state index contributed by atoms with van der Waals surface area (Å²) >= 11 is 0. The van der Waals surface area contributed by atoms with Crippen molar-refractivity contribution in [2.45, 2.75) is 12.8 Å². The van der Waals surface area contributed by atoms with E-state index in [4.69, 9.17) is 19.7 Å². The van der Waals surface area contributed by atoms with Crippen LogP contribution >= 0.6 is 0 Å². The highest BCUT2D eigenvalue weighted by Crippen LogP contribution is 2.41. The number of nitro groups is 2. The van der Waals surface area contributed by atoms with E-state index < -0.39 is 91.1 Å². The van der Waals surface area contributed by atoms with Gasteiger partial charge >= 0.3 is 17.2 Å². The fourth-order valence-electron chi connectivity index (χ4n) is 5.94. The third-order valence-corrected chi connectivity index (χ3v) is 7.70. The molecule has 2 aliphatic rings. The summed E-state index contributed by atoms with van der Waals surface area (Å²) < 4.78 is 60.4. The van der Waals surface area contributed by atoms with Crippen molar-refractivity contribution in [3.63, 3.8) is 0 Å². The minimum atomic E-state index is -1.64. The molecule has 0 radical (unpaired) electrons. The van der Waals surface area contributed by atoms with E-state index in [-0.39, 0.29) is 43.8 Å². The van der Waals surface area contributed by atoms with Gasteiger partial charge in [0.25, 0.3) is 0 Å². The standard InChI is InChI=1S/C32H8F4N8O4/c1-40-29-19(32(41-2)42-3)9-18-25(13-4-21(33)30(43(45)46)22(34)5-13)27-17(8-16(20(27)12-39)15(10-37)11-38)26(28(18)29)14-6-23(35)31(44(47)48)24(36)7-14/h4-7H,8-9H2. The van der Waals surface area contributed by atoms with Gasteiger partial charge in [0.1, 0.15) is 36.9 Å². The summed E-state index contributed by atoms with van der Waals surface area (Å²) in [5.41, 5.74) is -6.41. The van der Waals surface area contributed by atoms with Gasteiger partial charge in [-0.2, -0.15) is 43.0 Å². The van der Waals surface area contributed by atoms with Crippen LogP contribution in [-0.2, 0) is 12.8 Å². The molecule has 0 atom stereocenters. The van der Waals surface area contributed by atoms with Crippen molar-refractivity contribution in [2.75, 3.05) is 0 Å². The molecule has 0 amide bonds. The van der Waals surface area contributed by atoms with Crippen LogP contribution in [0.4, 0.5) is 28.9 Å². The van der Waals surface area contributed by atoms with Crippen LogP contribution in [0.5, 0.6) is 0 Å². The lowest BCUT2D eigenvalue weighted by Crippen LogP contribution is -2.24. The largest absolute Gasteiger partial charge is 0.512 e.